The molecule has 0 N–H and O–H groups in total. The quantitative estimate of drug-likeness (QED) is 0.622. The van der Waals surface area contributed by atoms with Crippen molar-refractivity contribution in [2.45, 2.75) is 18.1 Å². The highest BCUT2D eigenvalue weighted by molar-refractivity contribution is 5.95. The number of esters is 1. The number of hydrogen-bond donors (Lipinski definition) is 0. The van der Waals surface area contributed by atoms with Crippen molar-refractivity contribution < 1.29 is 23.7 Å². The van der Waals surface area contributed by atoms with Crippen LogP contribution >= 0.6 is 0 Å². The summed E-state index contributed by atoms with van der Waals surface area (Å²) in [5.74, 6) is 0.761. The molecule has 134 valence electrons. The van der Waals surface area contributed by atoms with Gasteiger partial charge in [0.1, 0.15) is 0 Å². The Balaban J connectivity index is 2.03. The van der Waals surface area contributed by atoms with Crippen LogP contribution in [0.25, 0.3) is 6.08 Å². The Morgan fingerprint density at radius 1 is 1.08 bits per heavy atom. The lowest BCUT2D eigenvalue weighted by molar-refractivity contribution is -0.145. The van der Waals surface area contributed by atoms with Gasteiger partial charge in [0.15, 0.2) is 17.1 Å². The lowest BCUT2D eigenvalue weighted by atomic mass is 9.72. The number of carbonyl (C=O) groups excluding carboxylic acids is 1. The first kappa shape index (κ1) is 16.6. The molecule has 1 aromatic carbocycles. The molecule has 0 bridgehead atoms. The van der Waals surface area contributed by atoms with Crippen LogP contribution in [0.1, 0.15) is 23.6 Å². The van der Waals surface area contributed by atoms with Crippen molar-refractivity contribution in [1.29, 1.82) is 0 Å². The van der Waals surface area contributed by atoms with Crippen LogP contribution in [0.4, 0.5) is 0 Å². The minimum atomic E-state index is -1.18. The summed E-state index contributed by atoms with van der Waals surface area (Å²) in [5, 5.41) is 0. The molecule has 1 aliphatic carbocycles. The van der Waals surface area contributed by atoms with E-state index in [2.05, 4.69) is 4.98 Å². The van der Waals surface area contributed by atoms with Crippen molar-refractivity contribution in [3.05, 3.63) is 58.9 Å². The maximum absolute atomic E-state index is 12.7. The number of methoxy groups -OCH3 is 3. The molecule has 0 radical (unpaired) electrons. The Labute approximate surface area is 151 Å². The molecule has 6 heteroatoms. The van der Waals surface area contributed by atoms with Gasteiger partial charge in [-0.2, -0.15) is 0 Å². The molecule has 2 aliphatic rings. The van der Waals surface area contributed by atoms with E-state index in [0.29, 0.717) is 11.5 Å². The Bertz CT molecular complexity index is 923. The zero-order chi connectivity index (χ0) is 18.5. The molecule has 1 saturated heterocycles. The summed E-state index contributed by atoms with van der Waals surface area (Å²) < 4.78 is 22.2. The van der Waals surface area contributed by atoms with E-state index in [9.17, 15) is 4.79 Å². The van der Waals surface area contributed by atoms with Crippen molar-refractivity contribution in [3.8, 4) is 11.5 Å². The van der Waals surface area contributed by atoms with E-state index in [1.165, 1.54) is 7.11 Å². The number of rotatable bonds is 4. The molecular weight excluding hydrogens is 334 g/mol. The topological polar surface area (TPSA) is 70.2 Å². The third-order valence-electron chi connectivity index (χ3n) is 5.18. The molecule has 2 heterocycles. The van der Waals surface area contributed by atoms with Crippen molar-refractivity contribution in [1.82, 2.24) is 4.98 Å². The second-order valence-corrected chi connectivity index (χ2v) is 6.31. The number of ether oxygens (including phenoxy) is 4. The average Bonchev–Trinajstić information content (AvgIpc) is 3.41. The molecule has 6 nitrogen and oxygen atoms in total. The fraction of sp³-hybridized carbons (Fsp3) is 0.300. The standard InChI is InChI=1S/C20H19NO5/c1-12-9-13-10-16(23-2)17(24-3)11-15(13)20(14-5-7-21-8-6-14)19(12,26-20)18(22)25-4/h5-11H,1-4H3. The predicted molar refractivity (Wildman–Crippen MR) is 94.0 cm³/mol. The summed E-state index contributed by atoms with van der Waals surface area (Å²) in [5.41, 5.74) is 1.19. The van der Waals surface area contributed by atoms with E-state index < -0.39 is 17.2 Å². The molecule has 1 aromatic heterocycles. The van der Waals surface area contributed by atoms with E-state index in [-0.39, 0.29) is 0 Å². The summed E-state index contributed by atoms with van der Waals surface area (Å²) in [6.07, 6.45) is 5.30. The van der Waals surface area contributed by atoms with Gasteiger partial charge in [-0.15, -0.1) is 0 Å². The van der Waals surface area contributed by atoms with E-state index in [4.69, 9.17) is 18.9 Å². The van der Waals surface area contributed by atoms with Crippen LogP contribution < -0.4 is 9.47 Å². The van der Waals surface area contributed by atoms with Crippen LogP contribution in [0, 0.1) is 0 Å². The first-order valence-electron chi connectivity index (χ1n) is 8.19. The zero-order valence-electron chi connectivity index (χ0n) is 15.0. The Morgan fingerprint density at radius 2 is 1.73 bits per heavy atom. The minimum absolute atomic E-state index is 0.427. The van der Waals surface area contributed by atoms with Gasteiger partial charge < -0.3 is 18.9 Å². The summed E-state index contributed by atoms with van der Waals surface area (Å²) in [6, 6.07) is 7.46. The lowest BCUT2D eigenvalue weighted by Gasteiger charge is -2.27. The molecule has 2 unspecified atom stereocenters. The highest BCUT2D eigenvalue weighted by Gasteiger charge is 2.79. The molecular formula is C20H19NO5. The third kappa shape index (κ3) is 1.85. The van der Waals surface area contributed by atoms with Gasteiger partial charge in [-0.3, -0.25) is 4.98 Å². The molecule has 0 spiro atoms. The SMILES string of the molecule is COC(=O)C12OC1(c1ccncc1)c1cc(OC)c(OC)cc1C=C2C. The Morgan fingerprint density at radius 3 is 2.35 bits per heavy atom. The van der Waals surface area contributed by atoms with Gasteiger partial charge in [0.05, 0.1) is 21.3 Å². The number of epoxide rings is 1. The molecule has 2 aromatic rings. The van der Waals surface area contributed by atoms with Crippen molar-refractivity contribution in [2.24, 2.45) is 0 Å². The molecule has 1 fully saturated rings. The number of hydrogen-bond acceptors (Lipinski definition) is 6. The van der Waals surface area contributed by atoms with E-state index in [1.54, 1.807) is 26.6 Å². The fourth-order valence-electron chi connectivity index (χ4n) is 3.96. The smallest absolute Gasteiger partial charge is 0.346 e. The first-order valence-corrected chi connectivity index (χ1v) is 8.19. The van der Waals surface area contributed by atoms with Crippen molar-refractivity contribution in [3.63, 3.8) is 0 Å². The van der Waals surface area contributed by atoms with Crippen LogP contribution in [0.3, 0.4) is 0 Å². The highest BCUT2D eigenvalue weighted by atomic mass is 16.7. The van der Waals surface area contributed by atoms with Gasteiger partial charge in [0.2, 0.25) is 5.60 Å². The van der Waals surface area contributed by atoms with Crippen LogP contribution in [0.5, 0.6) is 11.5 Å². The maximum Gasteiger partial charge on any atom is 0.346 e. The second kappa shape index (κ2) is 5.57. The molecule has 2 atom stereocenters. The van der Waals surface area contributed by atoms with Crippen molar-refractivity contribution in [2.75, 3.05) is 21.3 Å². The van der Waals surface area contributed by atoms with Gasteiger partial charge >= 0.3 is 5.97 Å². The number of aromatic nitrogens is 1. The normalized spacial score (nSPS) is 25.5. The summed E-state index contributed by atoms with van der Waals surface area (Å²) in [6.45, 7) is 1.87. The Hall–Kier alpha value is -2.86. The van der Waals surface area contributed by atoms with Crippen LogP contribution in [0.15, 0.2) is 42.2 Å². The minimum Gasteiger partial charge on any atom is -0.493 e. The fourth-order valence-corrected chi connectivity index (χ4v) is 3.96. The summed E-state index contributed by atoms with van der Waals surface area (Å²) in [7, 11) is 4.54. The second-order valence-electron chi connectivity index (χ2n) is 6.31. The van der Waals surface area contributed by atoms with E-state index in [1.807, 2.05) is 37.3 Å². The monoisotopic (exact) mass is 353 g/mol. The first-order chi connectivity index (χ1) is 12.5. The number of carbonyl (C=O) groups is 1. The van der Waals surface area contributed by atoms with Gasteiger partial charge in [-0.05, 0) is 47.9 Å². The van der Waals surface area contributed by atoms with Crippen LogP contribution in [-0.2, 0) is 19.9 Å². The van der Waals surface area contributed by atoms with Gasteiger partial charge in [-0.25, -0.2) is 4.79 Å². The van der Waals surface area contributed by atoms with Crippen LogP contribution in [0.2, 0.25) is 0 Å². The van der Waals surface area contributed by atoms with Crippen LogP contribution in [-0.4, -0.2) is 37.9 Å². The molecule has 0 saturated carbocycles. The summed E-state index contributed by atoms with van der Waals surface area (Å²) in [4.78, 5) is 16.8. The third-order valence-corrected chi connectivity index (χ3v) is 5.18. The maximum atomic E-state index is 12.7. The van der Waals surface area contributed by atoms with Gasteiger partial charge in [0, 0.05) is 18.0 Å². The lowest BCUT2D eigenvalue weighted by Crippen LogP contribution is -2.38. The van der Waals surface area contributed by atoms with Crippen molar-refractivity contribution >= 4 is 12.0 Å². The van der Waals surface area contributed by atoms with E-state index >= 15 is 0 Å². The zero-order valence-corrected chi connectivity index (χ0v) is 15.0. The van der Waals surface area contributed by atoms with Gasteiger partial charge in [0.25, 0.3) is 0 Å². The Kier molecular flexibility index (Phi) is 3.56. The average molecular weight is 353 g/mol. The number of pyridine rings is 1. The predicted octanol–water partition coefficient (Wildman–Crippen LogP) is 2.70. The van der Waals surface area contributed by atoms with Gasteiger partial charge in [-0.1, -0.05) is 6.08 Å². The molecule has 4 rings (SSSR count). The molecule has 0 amide bonds. The number of nitrogens with zero attached hydrogens (tertiary/aromatic N) is 1. The summed E-state index contributed by atoms with van der Waals surface area (Å²) >= 11 is 0. The number of fused-ring (bicyclic) bond motifs is 3. The molecule has 26 heavy (non-hydrogen) atoms. The number of benzene rings is 1. The molecule has 1 aliphatic heterocycles. The van der Waals surface area contributed by atoms with E-state index in [0.717, 1.165) is 22.3 Å². The largest absolute Gasteiger partial charge is 0.493 e. The highest BCUT2D eigenvalue weighted by Crippen LogP contribution is 2.67.